The highest BCUT2D eigenvalue weighted by Crippen LogP contribution is 2.21. The molecule has 0 spiro atoms. The Hall–Kier alpha value is -3.19. The van der Waals surface area contributed by atoms with E-state index in [0.29, 0.717) is 18.1 Å². The fourth-order valence-corrected chi connectivity index (χ4v) is 3.07. The normalized spacial score (nSPS) is 10.7. The minimum absolute atomic E-state index is 0.141. The number of amides is 1. The zero-order chi connectivity index (χ0) is 18.6. The number of benzene rings is 2. The molecule has 0 saturated carbocycles. The molecule has 2 aromatic carbocycles. The van der Waals surface area contributed by atoms with Crippen molar-refractivity contribution >= 4 is 27.7 Å². The standard InChI is InChI=1S/C20H15BrN4O2/c21-16-9-5-4-8-15(16)13-25-19(10-11-22-25)23-20(26)18-12-17(24-27-18)14-6-2-1-3-7-14/h1-12H,13H2,(H,23,26). The highest BCUT2D eigenvalue weighted by Gasteiger charge is 2.16. The van der Waals surface area contributed by atoms with Crippen LogP contribution in [0.3, 0.4) is 0 Å². The van der Waals surface area contributed by atoms with Crippen molar-refractivity contribution in [1.82, 2.24) is 14.9 Å². The summed E-state index contributed by atoms with van der Waals surface area (Å²) in [6.45, 7) is 0.524. The lowest BCUT2D eigenvalue weighted by atomic mass is 10.1. The van der Waals surface area contributed by atoms with E-state index in [4.69, 9.17) is 4.52 Å². The summed E-state index contributed by atoms with van der Waals surface area (Å²) in [7, 11) is 0. The van der Waals surface area contributed by atoms with Gasteiger partial charge in [0.15, 0.2) is 0 Å². The molecule has 0 radical (unpaired) electrons. The van der Waals surface area contributed by atoms with E-state index in [2.05, 4.69) is 31.5 Å². The van der Waals surface area contributed by atoms with Crippen molar-refractivity contribution < 1.29 is 9.32 Å². The van der Waals surface area contributed by atoms with Gasteiger partial charge in [-0.1, -0.05) is 69.6 Å². The Bertz CT molecular complexity index is 1070. The van der Waals surface area contributed by atoms with Crippen LogP contribution in [-0.2, 0) is 6.54 Å². The summed E-state index contributed by atoms with van der Waals surface area (Å²) in [5, 5.41) is 11.1. The number of anilines is 1. The van der Waals surface area contributed by atoms with Crippen LogP contribution in [0.2, 0.25) is 0 Å². The Morgan fingerprint density at radius 2 is 1.85 bits per heavy atom. The molecule has 1 amide bonds. The Kier molecular flexibility index (Phi) is 4.84. The fourth-order valence-electron chi connectivity index (χ4n) is 2.66. The van der Waals surface area contributed by atoms with Crippen molar-refractivity contribution in [2.24, 2.45) is 0 Å². The molecule has 0 bridgehead atoms. The van der Waals surface area contributed by atoms with Gasteiger partial charge in [0.2, 0.25) is 5.76 Å². The van der Waals surface area contributed by atoms with Crippen LogP contribution in [0.25, 0.3) is 11.3 Å². The molecule has 6 nitrogen and oxygen atoms in total. The van der Waals surface area contributed by atoms with Crippen molar-refractivity contribution in [2.45, 2.75) is 6.54 Å². The van der Waals surface area contributed by atoms with Crippen molar-refractivity contribution in [2.75, 3.05) is 5.32 Å². The maximum atomic E-state index is 12.5. The molecule has 0 aliphatic heterocycles. The van der Waals surface area contributed by atoms with E-state index in [1.54, 1.807) is 23.0 Å². The average Bonchev–Trinajstić information content (AvgIpc) is 3.34. The summed E-state index contributed by atoms with van der Waals surface area (Å²) < 4.78 is 7.91. The predicted octanol–water partition coefficient (Wildman–Crippen LogP) is 4.60. The van der Waals surface area contributed by atoms with Gasteiger partial charge in [-0.2, -0.15) is 5.10 Å². The molecule has 2 aromatic heterocycles. The van der Waals surface area contributed by atoms with Crippen molar-refractivity contribution in [3.63, 3.8) is 0 Å². The van der Waals surface area contributed by atoms with Crippen LogP contribution in [0.1, 0.15) is 16.1 Å². The van der Waals surface area contributed by atoms with Crippen LogP contribution in [0, 0.1) is 0 Å². The first kappa shape index (κ1) is 17.2. The lowest BCUT2D eigenvalue weighted by Gasteiger charge is -2.09. The molecule has 2 heterocycles. The molecular weight excluding hydrogens is 408 g/mol. The molecule has 0 unspecified atom stereocenters. The predicted molar refractivity (Wildman–Crippen MR) is 105 cm³/mol. The summed E-state index contributed by atoms with van der Waals surface area (Å²) in [5.74, 6) is 0.342. The highest BCUT2D eigenvalue weighted by molar-refractivity contribution is 9.10. The number of nitrogens with one attached hydrogen (secondary N) is 1. The molecular formula is C20H15BrN4O2. The number of hydrogen-bond donors (Lipinski definition) is 1. The average molecular weight is 423 g/mol. The molecule has 0 aliphatic rings. The Labute approximate surface area is 163 Å². The molecule has 0 aliphatic carbocycles. The summed E-state index contributed by atoms with van der Waals surface area (Å²) in [5.41, 5.74) is 2.56. The van der Waals surface area contributed by atoms with Crippen LogP contribution in [0.4, 0.5) is 5.82 Å². The highest BCUT2D eigenvalue weighted by atomic mass is 79.9. The quantitative estimate of drug-likeness (QED) is 0.509. The summed E-state index contributed by atoms with van der Waals surface area (Å²) >= 11 is 3.53. The SMILES string of the molecule is O=C(Nc1ccnn1Cc1ccccc1Br)c1cc(-c2ccccc2)no1. The summed E-state index contributed by atoms with van der Waals surface area (Å²) in [6, 6.07) is 20.8. The zero-order valence-corrected chi connectivity index (χ0v) is 15.8. The third kappa shape index (κ3) is 3.83. The number of rotatable bonds is 5. The first-order chi connectivity index (χ1) is 13.2. The van der Waals surface area contributed by atoms with Crippen molar-refractivity contribution in [3.8, 4) is 11.3 Å². The molecule has 4 aromatic rings. The molecule has 0 atom stereocenters. The van der Waals surface area contributed by atoms with Crippen LogP contribution < -0.4 is 5.32 Å². The third-order valence-electron chi connectivity index (χ3n) is 4.04. The largest absolute Gasteiger partial charge is 0.350 e. The maximum Gasteiger partial charge on any atom is 0.295 e. The van der Waals surface area contributed by atoms with E-state index in [1.165, 1.54) is 0 Å². The van der Waals surface area contributed by atoms with Crippen LogP contribution in [0.15, 0.2) is 81.9 Å². The number of hydrogen-bond acceptors (Lipinski definition) is 4. The van der Waals surface area contributed by atoms with Gasteiger partial charge in [-0.25, -0.2) is 4.68 Å². The summed E-state index contributed by atoms with van der Waals surface area (Å²) in [6.07, 6.45) is 1.64. The number of nitrogens with zero attached hydrogens (tertiary/aromatic N) is 3. The monoisotopic (exact) mass is 422 g/mol. The zero-order valence-electron chi connectivity index (χ0n) is 14.2. The Balaban J connectivity index is 1.51. The van der Waals surface area contributed by atoms with E-state index in [0.717, 1.165) is 15.6 Å². The second kappa shape index (κ2) is 7.59. The van der Waals surface area contributed by atoms with Gasteiger partial charge in [0, 0.05) is 22.2 Å². The maximum absolute atomic E-state index is 12.5. The molecule has 0 fully saturated rings. The van der Waals surface area contributed by atoms with Gasteiger partial charge in [0.25, 0.3) is 5.91 Å². The van der Waals surface area contributed by atoms with E-state index < -0.39 is 0 Å². The minimum Gasteiger partial charge on any atom is -0.350 e. The van der Waals surface area contributed by atoms with Gasteiger partial charge in [-0.3, -0.25) is 4.79 Å². The van der Waals surface area contributed by atoms with Gasteiger partial charge in [0.05, 0.1) is 12.7 Å². The van der Waals surface area contributed by atoms with Crippen LogP contribution >= 0.6 is 15.9 Å². The molecule has 27 heavy (non-hydrogen) atoms. The fraction of sp³-hybridized carbons (Fsp3) is 0.0500. The number of aromatic nitrogens is 3. The number of halogens is 1. The molecule has 1 N–H and O–H groups in total. The second-order valence-corrected chi connectivity index (χ2v) is 6.72. The summed E-state index contributed by atoms with van der Waals surface area (Å²) in [4.78, 5) is 12.5. The first-order valence-electron chi connectivity index (χ1n) is 8.29. The minimum atomic E-state index is -0.376. The van der Waals surface area contributed by atoms with E-state index >= 15 is 0 Å². The number of carbonyl (C=O) groups is 1. The van der Waals surface area contributed by atoms with E-state index in [-0.39, 0.29) is 11.7 Å². The lowest BCUT2D eigenvalue weighted by molar-refractivity contribution is 0.0987. The van der Waals surface area contributed by atoms with Gasteiger partial charge in [0.1, 0.15) is 11.5 Å². The third-order valence-corrected chi connectivity index (χ3v) is 4.81. The Morgan fingerprint density at radius 3 is 2.67 bits per heavy atom. The van der Waals surface area contributed by atoms with E-state index in [1.807, 2.05) is 54.6 Å². The second-order valence-electron chi connectivity index (χ2n) is 5.86. The van der Waals surface area contributed by atoms with Gasteiger partial charge in [-0.15, -0.1) is 0 Å². The van der Waals surface area contributed by atoms with Crippen LogP contribution in [0.5, 0.6) is 0 Å². The topological polar surface area (TPSA) is 73.0 Å². The first-order valence-corrected chi connectivity index (χ1v) is 9.09. The number of carbonyl (C=O) groups excluding carboxylic acids is 1. The van der Waals surface area contributed by atoms with Gasteiger partial charge >= 0.3 is 0 Å². The molecule has 0 saturated heterocycles. The van der Waals surface area contributed by atoms with Gasteiger partial charge in [-0.05, 0) is 11.6 Å². The van der Waals surface area contributed by atoms with Crippen molar-refractivity contribution in [1.29, 1.82) is 0 Å². The molecule has 4 rings (SSSR count). The van der Waals surface area contributed by atoms with Gasteiger partial charge < -0.3 is 9.84 Å². The Morgan fingerprint density at radius 1 is 1.07 bits per heavy atom. The lowest BCUT2D eigenvalue weighted by Crippen LogP contribution is -2.15. The molecule has 7 heteroatoms. The smallest absolute Gasteiger partial charge is 0.295 e. The molecule has 134 valence electrons. The van der Waals surface area contributed by atoms with Crippen LogP contribution in [-0.4, -0.2) is 20.8 Å². The van der Waals surface area contributed by atoms with E-state index in [9.17, 15) is 4.79 Å². The van der Waals surface area contributed by atoms with Crippen molar-refractivity contribution in [3.05, 3.63) is 88.7 Å².